The molecule has 0 amide bonds. The van der Waals surface area contributed by atoms with E-state index in [-0.39, 0.29) is 20.9 Å². The molecule has 1 aromatic carbocycles. The van der Waals surface area contributed by atoms with E-state index < -0.39 is 31.4 Å². The molecule has 1 aliphatic rings. The number of carbonyl (C=O) groups is 1. The van der Waals surface area contributed by atoms with E-state index in [0.29, 0.717) is 0 Å². The van der Waals surface area contributed by atoms with Gasteiger partial charge in [-0.05, 0) is 29.8 Å². The van der Waals surface area contributed by atoms with Crippen molar-refractivity contribution < 1.29 is 26.7 Å². The lowest BCUT2D eigenvalue weighted by Gasteiger charge is -2.02. The maximum absolute atomic E-state index is 12.1. The molecular formula is C11H10O6S2. The largest absolute Gasteiger partial charge is 0.478 e. The fourth-order valence-electron chi connectivity index (χ4n) is 1.81. The van der Waals surface area contributed by atoms with E-state index in [2.05, 4.69) is 0 Å². The van der Waals surface area contributed by atoms with Gasteiger partial charge in [-0.25, -0.2) is 21.6 Å². The van der Waals surface area contributed by atoms with Crippen molar-refractivity contribution >= 4 is 31.7 Å². The Hall–Kier alpha value is -1.67. The van der Waals surface area contributed by atoms with Crippen LogP contribution in [0.5, 0.6) is 0 Å². The number of sulfone groups is 2. The van der Waals surface area contributed by atoms with Gasteiger partial charge < -0.3 is 5.11 Å². The molecule has 0 aromatic heterocycles. The van der Waals surface area contributed by atoms with Gasteiger partial charge in [-0.15, -0.1) is 0 Å². The van der Waals surface area contributed by atoms with Crippen LogP contribution in [-0.2, 0) is 19.7 Å². The third-order valence-electron chi connectivity index (χ3n) is 2.61. The summed E-state index contributed by atoms with van der Waals surface area (Å²) >= 11 is 0. The Morgan fingerprint density at radius 1 is 1.32 bits per heavy atom. The lowest BCUT2D eigenvalue weighted by atomic mass is 10.1. The zero-order valence-corrected chi connectivity index (χ0v) is 11.5. The highest BCUT2D eigenvalue weighted by molar-refractivity contribution is 7.98. The molecule has 19 heavy (non-hydrogen) atoms. The van der Waals surface area contributed by atoms with Crippen LogP contribution in [0.1, 0.15) is 15.9 Å². The Morgan fingerprint density at radius 2 is 1.95 bits per heavy atom. The van der Waals surface area contributed by atoms with Gasteiger partial charge in [0, 0.05) is 6.26 Å². The van der Waals surface area contributed by atoms with Crippen LogP contribution in [0, 0.1) is 0 Å². The average Bonchev–Trinajstić information content (AvgIpc) is 2.48. The number of carboxylic acid groups (broad SMARTS) is 1. The van der Waals surface area contributed by atoms with Crippen LogP contribution < -0.4 is 0 Å². The van der Waals surface area contributed by atoms with E-state index in [4.69, 9.17) is 5.11 Å². The van der Waals surface area contributed by atoms with Crippen LogP contribution in [-0.4, -0.2) is 39.9 Å². The van der Waals surface area contributed by atoms with Crippen LogP contribution in [0.3, 0.4) is 0 Å². The van der Waals surface area contributed by atoms with E-state index in [0.717, 1.165) is 6.26 Å². The third-order valence-corrected chi connectivity index (χ3v) is 5.53. The Labute approximate surface area is 110 Å². The molecule has 0 aliphatic carbocycles. The van der Waals surface area contributed by atoms with E-state index >= 15 is 0 Å². The molecule has 1 aliphatic heterocycles. The summed E-state index contributed by atoms with van der Waals surface area (Å²) in [6.45, 7) is 0. The number of aromatic carboxylic acids is 1. The van der Waals surface area contributed by atoms with E-state index in [9.17, 15) is 21.6 Å². The molecule has 0 saturated heterocycles. The molecule has 102 valence electrons. The molecular weight excluding hydrogens is 292 g/mol. The minimum atomic E-state index is -3.83. The fraction of sp³-hybridized carbons (Fsp3) is 0.182. The number of hydrogen-bond donors (Lipinski definition) is 1. The Morgan fingerprint density at radius 3 is 2.47 bits per heavy atom. The molecule has 0 unspecified atom stereocenters. The van der Waals surface area contributed by atoms with Crippen molar-refractivity contribution in [3.8, 4) is 0 Å². The molecule has 8 heteroatoms. The predicted molar refractivity (Wildman–Crippen MR) is 68.3 cm³/mol. The lowest BCUT2D eigenvalue weighted by Crippen LogP contribution is -2.11. The van der Waals surface area contributed by atoms with Gasteiger partial charge in [0.2, 0.25) is 9.84 Å². The zero-order chi connectivity index (χ0) is 14.4. The molecule has 2 rings (SSSR count). The molecule has 0 bridgehead atoms. The Bertz CT molecular complexity index is 800. The van der Waals surface area contributed by atoms with Crippen molar-refractivity contribution in [1.82, 2.24) is 0 Å². The summed E-state index contributed by atoms with van der Waals surface area (Å²) in [6, 6.07) is 3.57. The lowest BCUT2D eigenvalue weighted by molar-refractivity contribution is 0.0696. The SMILES string of the molecule is CS(=O)(=O)CC1=Cc2cc(C(=O)O)ccc2S1(=O)=O. The van der Waals surface area contributed by atoms with Crippen molar-refractivity contribution in [1.29, 1.82) is 0 Å². The summed E-state index contributed by atoms with van der Waals surface area (Å²) < 4.78 is 46.5. The first-order chi connectivity index (χ1) is 8.61. The molecule has 1 N–H and O–H groups in total. The number of benzene rings is 1. The van der Waals surface area contributed by atoms with E-state index in [1.807, 2.05) is 0 Å². The van der Waals surface area contributed by atoms with Gasteiger partial charge in [0.05, 0.1) is 21.1 Å². The molecule has 0 saturated carbocycles. The zero-order valence-electron chi connectivity index (χ0n) is 9.82. The van der Waals surface area contributed by atoms with Crippen molar-refractivity contribution in [3.63, 3.8) is 0 Å². The molecule has 0 atom stereocenters. The second-order valence-corrected chi connectivity index (χ2v) is 8.35. The van der Waals surface area contributed by atoms with Gasteiger partial charge in [-0.2, -0.15) is 0 Å². The third kappa shape index (κ3) is 2.54. The highest BCUT2D eigenvalue weighted by atomic mass is 32.2. The Balaban J connectivity index is 2.58. The maximum atomic E-state index is 12.1. The van der Waals surface area contributed by atoms with Crippen LogP contribution in [0.25, 0.3) is 6.08 Å². The second kappa shape index (κ2) is 4.17. The van der Waals surface area contributed by atoms with Gasteiger partial charge in [0.15, 0.2) is 9.84 Å². The number of rotatable bonds is 3. The van der Waals surface area contributed by atoms with Crippen LogP contribution in [0.4, 0.5) is 0 Å². The first kappa shape index (κ1) is 13.8. The first-order valence-electron chi connectivity index (χ1n) is 5.12. The maximum Gasteiger partial charge on any atom is 0.335 e. The summed E-state index contributed by atoms with van der Waals surface area (Å²) in [5.74, 6) is -1.77. The monoisotopic (exact) mass is 302 g/mol. The van der Waals surface area contributed by atoms with Gasteiger partial charge >= 0.3 is 5.97 Å². The number of carboxylic acids is 1. The van der Waals surface area contributed by atoms with Crippen molar-refractivity contribution in [2.75, 3.05) is 12.0 Å². The van der Waals surface area contributed by atoms with Gasteiger partial charge in [-0.1, -0.05) is 0 Å². The molecule has 0 fully saturated rings. The van der Waals surface area contributed by atoms with E-state index in [1.165, 1.54) is 24.3 Å². The normalized spacial score (nSPS) is 16.8. The highest BCUT2D eigenvalue weighted by Gasteiger charge is 2.31. The standard InChI is InChI=1S/C11H10O6S2/c1-18(14,15)6-9-5-8-4-7(11(12)13)2-3-10(8)19(9,16)17/h2-5H,6H2,1H3,(H,12,13). The predicted octanol–water partition coefficient (Wildman–Crippen LogP) is 0.558. The first-order valence-corrected chi connectivity index (χ1v) is 8.66. The molecule has 0 spiro atoms. The van der Waals surface area contributed by atoms with Gasteiger partial charge in [0.1, 0.15) is 0 Å². The smallest absolute Gasteiger partial charge is 0.335 e. The van der Waals surface area contributed by atoms with Crippen molar-refractivity contribution in [2.24, 2.45) is 0 Å². The quantitative estimate of drug-likeness (QED) is 0.874. The number of fused-ring (bicyclic) bond motifs is 1. The molecule has 1 heterocycles. The molecule has 0 radical (unpaired) electrons. The topological polar surface area (TPSA) is 106 Å². The summed E-state index contributed by atoms with van der Waals surface area (Å²) in [5, 5.41) is 8.83. The van der Waals surface area contributed by atoms with E-state index in [1.54, 1.807) is 0 Å². The minimum absolute atomic E-state index is 0.0502. The molecule has 6 nitrogen and oxygen atoms in total. The van der Waals surface area contributed by atoms with Gasteiger partial charge in [0.25, 0.3) is 0 Å². The molecule has 1 aromatic rings. The number of hydrogen-bond acceptors (Lipinski definition) is 5. The average molecular weight is 302 g/mol. The van der Waals surface area contributed by atoms with Crippen LogP contribution in [0.2, 0.25) is 0 Å². The summed E-state index contributed by atoms with van der Waals surface area (Å²) in [6.07, 6.45) is 2.15. The Kier molecular flexibility index (Phi) is 3.02. The van der Waals surface area contributed by atoms with Crippen molar-refractivity contribution in [2.45, 2.75) is 4.90 Å². The van der Waals surface area contributed by atoms with Crippen molar-refractivity contribution in [3.05, 3.63) is 34.2 Å². The summed E-state index contributed by atoms with van der Waals surface area (Å²) in [4.78, 5) is 10.5. The summed E-state index contributed by atoms with van der Waals surface area (Å²) in [5.41, 5.74) is 0.157. The minimum Gasteiger partial charge on any atom is -0.478 e. The second-order valence-electron chi connectivity index (χ2n) is 4.24. The summed E-state index contributed by atoms with van der Waals surface area (Å²) in [7, 11) is -7.32. The highest BCUT2D eigenvalue weighted by Crippen LogP contribution is 2.33. The fourth-order valence-corrected chi connectivity index (χ4v) is 4.91. The van der Waals surface area contributed by atoms with Gasteiger partial charge in [-0.3, -0.25) is 0 Å². The van der Waals surface area contributed by atoms with Crippen LogP contribution >= 0.6 is 0 Å². The van der Waals surface area contributed by atoms with Crippen LogP contribution in [0.15, 0.2) is 28.0 Å².